The molecular weight excluding hydrogens is 416 g/mol. The van der Waals surface area contributed by atoms with E-state index >= 15 is 0 Å². The monoisotopic (exact) mass is 448 g/mol. The van der Waals surface area contributed by atoms with E-state index in [1.54, 1.807) is 6.20 Å². The lowest BCUT2D eigenvalue weighted by molar-refractivity contribution is 0.0498. The number of likely N-dealkylation sites (tertiary alicyclic amines) is 1. The number of hydrogen-bond acceptors (Lipinski definition) is 4. The molecule has 4 heterocycles. The van der Waals surface area contributed by atoms with Crippen LogP contribution in [0.1, 0.15) is 47.7 Å². The lowest BCUT2D eigenvalue weighted by Gasteiger charge is -2.42. The molecule has 0 saturated carbocycles. The molecule has 0 aliphatic carbocycles. The molecule has 7 heteroatoms. The van der Waals surface area contributed by atoms with Gasteiger partial charge in [0.15, 0.2) is 0 Å². The highest BCUT2D eigenvalue weighted by molar-refractivity contribution is 5.94. The summed E-state index contributed by atoms with van der Waals surface area (Å²) in [6.45, 7) is 5.98. The summed E-state index contributed by atoms with van der Waals surface area (Å²) in [5.41, 5.74) is 2.76. The molecule has 1 aromatic heterocycles. The number of aryl methyl sites for hydroxylation is 1. The third kappa shape index (κ3) is 4.22. The smallest absolute Gasteiger partial charge is 0.321 e. The van der Waals surface area contributed by atoms with E-state index in [2.05, 4.69) is 16.8 Å². The fraction of sp³-hybridized carbons (Fsp3) is 0.500. The molecule has 1 spiro atoms. The lowest BCUT2D eigenvalue weighted by Crippen LogP contribution is -2.56. The Balaban J connectivity index is 1.27. The van der Waals surface area contributed by atoms with Crippen LogP contribution in [0.15, 0.2) is 48.8 Å². The highest BCUT2D eigenvalue weighted by Crippen LogP contribution is 2.38. The number of urea groups is 1. The Bertz CT molecular complexity index is 980. The first kappa shape index (κ1) is 21.9. The van der Waals surface area contributed by atoms with Crippen LogP contribution in [0.5, 0.6) is 0 Å². The van der Waals surface area contributed by atoms with Crippen LogP contribution < -0.4 is 0 Å². The number of carbonyl (C=O) groups excluding carboxylic acids is 2. The van der Waals surface area contributed by atoms with E-state index in [1.165, 1.54) is 5.56 Å². The standard InChI is InChI=1S/C26H32N4O3/c1-2-20-5-7-22(8-6-20)24(31)28-13-9-23(10-14-28)30-25(32)29(17-21-4-3-12-27-16-21)18-26(30)11-15-33-19-26/h3-8,12,16,23H,2,9-11,13-15,17-19H2,1H3. The van der Waals surface area contributed by atoms with E-state index < -0.39 is 0 Å². The molecule has 3 saturated heterocycles. The Labute approximate surface area is 195 Å². The van der Waals surface area contributed by atoms with Crippen molar-refractivity contribution in [3.8, 4) is 0 Å². The molecule has 0 N–H and O–H groups in total. The predicted molar refractivity (Wildman–Crippen MR) is 125 cm³/mol. The molecule has 174 valence electrons. The van der Waals surface area contributed by atoms with Crippen LogP contribution in [-0.4, -0.2) is 76.1 Å². The Morgan fingerprint density at radius 3 is 2.58 bits per heavy atom. The molecule has 1 unspecified atom stereocenters. The molecule has 3 amide bonds. The normalized spacial score (nSPS) is 23.7. The van der Waals surface area contributed by atoms with Gasteiger partial charge < -0.3 is 19.4 Å². The molecule has 7 nitrogen and oxygen atoms in total. The second-order valence-electron chi connectivity index (χ2n) is 9.47. The highest BCUT2D eigenvalue weighted by atomic mass is 16.5. The zero-order valence-corrected chi connectivity index (χ0v) is 19.3. The Hall–Kier alpha value is -2.93. The molecule has 3 aliphatic heterocycles. The summed E-state index contributed by atoms with van der Waals surface area (Å²) in [7, 11) is 0. The fourth-order valence-corrected chi connectivity index (χ4v) is 5.54. The highest BCUT2D eigenvalue weighted by Gasteiger charge is 2.54. The second-order valence-corrected chi connectivity index (χ2v) is 9.47. The number of carbonyl (C=O) groups is 2. The Kier molecular flexibility index (Phi) is 6.06. The van der Waals surface area contributed by atoms with E-state index in [-0.39, 0.29) is 23.5 Å². The number of amides is 3. The number of ether oxygens (including phenoxy) is 1. The molecule has 0 radical (unpaired) electrons. The number of benzene rings is 1. The van der Waals surface area contributed by atoms with Crippen LogP contribution in [0.2, 0.25) is 0 Å². The van der Waals surface area contributed by atoms with Crippen LogP contribution in [0.3, 0.4) is 0 Å². The maximum absolute atomic E-state index is 13.6. The van der Waals surface area contributed by atoms with Gasteiger partial charge in [-0.05, 0) is 55.0 Å². The minimum Gasteiger partial charge on any atom is -0.379 e. The van der Waals surface area contributed by atoms with Gasteiger partial charge in [-0.3, -0.25) is 9.78 Å². The quantitative estimate of drug-likeness (QED) is 0.704. The summed E-state index contributed by atoms with van der Waals surface area (Å²) in [6, 6.07) is 12.1. The van der Waals surface area contributed by atoms with E-state index in [0.717, 1.165) is 36.8 Å². The van der Waals surface area contributed by atoms with E-state index in [4.69, 9.17) is 4.74 Å². The second kappa shape index (κ2) is 9.14. The van der Waals surface area contributed by atoms with Gasteiger partial charge in [-0.15, -0.1) is 0 Å². The number of piperidine rings is 1. The van der Waals surface area contributed by atoms with Crippen molar-refractivity contribution in [3.05, 3.63) is 65.5 Å². The molecule has 1 aromatic carbocycles. The van der Waals surface area contributed by atoms with Crippen LogP contribution >= 0.6 is 0 Å². The maximum Gasteiger partial charge on any atom is 0.321 e. The largest absolute Gasteiger partial charge is 0.379 e. The van der Waals surface area contributed by atoms with Gasteiger partial charge in [-0.1, -0.05) is 25.1 Å². The molecular formula is C26H32N4O3. The summed E-state index contributed by atoms with van der Waals surface area (Å²) in [5, 5.41) is 0. The fourth-order valence-electron chi connectivity index (χ4n) is 5.54. The molecule has 5 rings (SSSR count). The zero-order chi connectivity index (χ0) is 22.8. The van der Waals surface area contributed by atoms with Gasteiger partial charge in [0, 0.05) is 56.8 Å². The Morgan fingerprint density at radius 1 is 1.15 bits per heavy atom. The van der Waals surface area contributed by atoms with Crippen molar-refractivity contribution in [2.45, 2.75) is 50.7 Å². The van der Waals surface area contributed by atoms with Gasteiger partial charge in [-0.25, -0.2) is 4.79 Å². The van der Waals surface area contributed by atoms with Gasteiger partial charge >= 0.3 is 6.03 Å². The minimum atomic E-state index is -0.258. The Morgan fingerprint density at radius 2 is 1.94 bits per heavy atom. The number of rotatable bonds is 5. The summed E-state index contributed by atoms with van der Waals surface area (Å²) in [5.74, 6) is 0.0842. The average molecular weight is 449 g/mol. The predicted octanol–water partition coefficient (Wildman–Crippen LogP) is 3.35. The first-order valence-electron chi connectivity index (χ1n) is 12.0. The van der Waals surface area contributed by atoms with Gasteiger partial charge in [-0.2, -0.15) is 0 Å². The minimum absolute atomic E-state index is 0.0842. The third-order valence-corrected chi connectivity index (χ3v) is 7.38. The first-order chi connectivity index (χ1) is 16.1. The van der Waals surface area contributed by atoms with Gasteiger partial charge in [0.25, 0.3) is 5.91 Å². The molecule has 2 aromatic rings. The maximum atomic E-state index is 13.6. The van der Waals surface area contributed by atoms with Crippen molar-refractivity contribution < 1.29 is 14.3 Å². The van der Waals surface area contributed by atoms with Crippen LogP contribution in [-0.2, 0) is 17.7 Å². The van der Waals surface area contributed by atoms with Crippen LogP contribution in [0, 0.1) is 0 Å². The van der Waals surface area contributed by atoms with Crippen molar-refractivity contribution in [2.75, 3.05) is 32.8 Å². The van der Waals surface area contributed by atoms with Gasteiger partial charge in [0.2, 0.25) is 0 Å². The summed E-state index contributed by atoms with van der Waals surface area (Å²) >= 11 is 0. The SMILES string of the molecule is CCc1ccc(C(=O)N2CCC(N3C(=O)N(Cc4cccnc4)CC34CCOC4)CC2)cc1. The summed E-state index contributed by atoms with van der Waals surface area (Å²) in [6.07, 6.45) is 7.00. The number of pyridine rings is 1. The molecule has 3 aliphatic rings. The van der Waals surface area contributed by atoms with Crippen molar-refractivity contribution in [2.24, 2.45) is 0 Å². The van der Waals surface area contributed by atoms with Crippen LogP contribution in [0.25, 0.3) is 0 Å². The van der Waals surface area contributed by atoms with E-state index in [0.29, 0.717) is 39.4 Å². The van der Waals surface area contributed by atoms with Crippen molar-refractivity contribution in [3.63, 3.8) is 0 Å². The van der Waals surface area contributed by atoms with Gasteiger partial charge in [0.05, 0.1) is 12.1 Å². The zero-order valence-electron chi connectivity index (χ0n) is 19.3. The topological polar surface area (TPSA) is 66.0 Å². The number of aromatic nitrogens is 1. The van der Waals surface area contributed by atoms with Gasteiger partial charge in [0.1, 0.15) is 0 Å². The third-order valence-electron chi connectivity index (χ3n) is 7.38. The number of hydrogen-bond donors (Lipinski definition) is 0. The summed E-state index contributed by atoms with van der Waals surface area (Å²) < 4.78 is 5.79. The molecule has 0 bridgehead atoms. The molecule has 33 heavy (non-hydrogen) atoms. The average Bonchev–Trinajstić information content (AvgIpc) is 3.43. The summed E-state index contributed by atoms with van der Waals surface area (Å²) in [4.78, 5) is 36.7. The van der Waals surface area contributed by atoms with Crippen LogP contribution in [0.4, 0.5) is 4.79 Å². The molecule has 1 atom stereocenters. The number of nitrogens with zero attached hydrogens (tertiary/aromatic N) is 4. The lowest BCUT2D eigenvalue weighted by atomic mass is 9.92. The molecule has 3 fully saturated rings. The van der Waals surface area contributed by atoms with Crippen molar-refractivity contribution in [1.29, 1.82) is 0 Å². The first-order valence-corrected chi connectivity index (χ1v) is 12.0. The van der Waals surface area contributed by atoms with E-state index in [1.807, 2.05) is 52.4 Å². The van der Waals surface area contributed by atoms with Crippen molar-refractivity contribution in [1.82, 2.24) is 19.7 Å². The van der Waals surface area contributed by atoms with Crippen molar-refractivity contribution >= 4 is 11.9 Å². The van der Waals surface area contributed by atoms with E-state index in [9.17, 15) is 9.59 Å².